The van der Waals surface area contributed by atoms with Gasteiger partial charge in [-0.1, -0.05) is 13.8 Å². The second-order valence-electron chi connectivity index (χ2n) is 6.24. The highest BCUT2D eigenvalue weighted by atomic mass is 16.4. The first-order valence-electron chi connectivity index (χ1n) is 7.11. The number of nitrogens with one attached hydrogen (secondary N) is 3. The largest absolute Gasteiger partial charge is 0.481 e. The van der Waals surface area contributed by atoms with Crippen LogP contribution >= 0.6 is 0 Å². The Hall–Kier alpha value is -1.79. The van der Waals surface area contributed by atoms with Crippen molar-refractivity contribution in [2.75, 3.05) is 6.54 Å². The molecule has 0 spiro atoms. The van der Waals surface area contributed by atoms with Gasteiger partial charge in [-0.3, -0.25) is 9.59 Å². The molecule has 0 aliphatic rings. The van der Waals surface area contributed by atoms with E-state index in [1.807, 2.05) is 13.8 Å². The van der Waals surface area contributed by atoms with Crippen molar-refractivity contribution in [1.29, 1.82) is 0 Å². The minimum absolute atomic E-state index is 0.0301. The summed E-state index contributed by atoms with van der Waals surface area (Å²) in [6.45, 7) is 9.58. The van der Waals surface area contributed by atoms with Crippen LogP contribution in [0.2, 0.25) is 0 Å². The zero-order valence-corrected chi connectivity index (χ0v) is 13.4. The Morgan fingerprint density at radius 1 is 1.14 bits per heavy atom. The molecular formula is C14H27N3O4. The number of amides is 3. The van der Waals surface area contributed by atoms with E-state index in [1.165, 1.54) is 0 Å². The van der Waals surface area contributed by atoms with Gasteiger partial charge in [0.1, 0.15) is 6.04 Å². The summed E-state index contributed by atoms with van der Waals surface area (Å²) in [6.07, 6.45) is 0.279. The van der Waals surface area contributed by atoms with Crippen molar-refractivity contribution in [1.82, 2.24) is 16.0 Å². The molecule has 0 aromatic carbocycles. The third-order valence-corrected chi connectivity index (χ3v) is 2.84. The van der Waals surface area contributed by atoms with Gasteiger partial charge < -0.3 is 21.1 Å². The van der Waals surface area contributed by atoms with Gasteiger partial charge in [-0.25, -0.2) is 4.79 Å². The number of hydrogen-bond acceptors (Lipinski definition) is 3. The molecule has 0 saturated carbocycles. The van der Waals surface area contributed by atoms with E-state index in [0.717, 1.165) is 0 Å². The highest BCUT2D eigenvalue weighted by Gasteiger charge is 2.23. The number of rotatable bonds is 8. The molecule has 0 heterocycles. The first-order chi connectivity index (χ1) is 9.53. The van der Waals surface area contributed by atoms with E-state index in [9.17, 15) is 14.4 Å². The maximum atomic E-state index is 11.8. The quantitative estimate of drug-likeness (QED) is 0.538. The van der Waals surface area contributed by atoms with Crippen LogP contribution in [0.15, 0.2) is 0 Å². The zero-order valence-electron chi connectivity index (χ0n) is 13.4. The molecule has 7 nitrogen and oxygen atoms in total. The number of carbonyl (C=O) groups excluding carboxylic acids is 2. The highest BCUT2D eigenvalue weighted by Crippen LogP contribution is 2.10. The topological polar surface area (TPSA) is 108 Å². The molecule has 0 aliphatic carbocycles. The van der Waals surface area contributed by atoms with Crippen LogP contribution in [0.25, 0.3) is 0 Å². The number of aliphatic carboxylic acids is 1. The molecule has 0 bridgehead atoms. The Morgan fingerprint density at radius 3 is 2.19 bits per heavy atom. The summed E-state index contributed by atoms with van der Waals surface area (Å²) in [7, 11) is 0. The van der Waals surface area contributed by atoms with Crippen molar-refractivity contribution in [3.05, 3.63) is 0 Å². The number of urea groups is 1. The van der Waals surface area contributed by atoms with Gasteiger partial charge >= 0.3 is 12.0 Å². The Kier molecular flexibility index (Phi) is 7.76. The van der Waals surface area contributed by atoms with Crippen molar-refractivity contribution in [3.63, 3.8) is 0 Å². The second-order valence-corrected chi connectivity index (χ2v) is 6.24. The van der Waals surface area contributed by atoms with Gasteiger partial charge in [0.05, 0.1) is 0 Å². The fourth-order valence-electron chi connectivity index (χ4n) is 1.55. The minimum atomic E-state index is -0.910. The summed E-state index contributed by atoms with van der Waals surface area (Å²) in [5, 5.41) is 16.6. The monoisotopic (exact) mass is 301 g/mol. The third-order valence-electron chi connectivity index (χ3n) is 2.84. The molecule has 21 heavy (non-hydrogen) atoms. The first-order valence-corrected chi connectivity index (χ1v) is 7.11. The van der Waals surface area contributed by atoms with E-state index >= 15 is 0 Å². The van der Waals surface area contributed by atoms with Gasteiger partial charge in [0.2, 0.25) is 5.91 Å². The maximum Gasteiger partial charge on any atom is 0.315 e. The number of carboxylic acid groups (broad SMARTS) is 1. The first kappa shape index (κ1) is 19.2. The number of hydrogen-bond donors (Lipinski definition) is 4. The van der Waals surface area contributed by atoms with Crippen molar-refractivity contribution in [2.24, 2.45) is 5.92 Å². The maximum absolute atomic E-state index is 11.8. The van der Waals surface area contributed by atoms with E-state index in [4.69, 9.17) is 5.11 Å². The highest BCUT2D eigenvalue weighted by molar-refractivity contribution is 5.86. The van der Waals surface area contributed by atoms with E-state index in [2.05, 4.69) is 16.0 Å². The molecule has 4 N–H and O–H groups in total. The van der Waals surface area contributed by atoms with Crippen LogP contribution in [0.5, 0.6) is 0 Å². The zero-order chi connectivity index (χ0) is 16.6. The molecule has 122 valence electrons. The molecule has 0 radical (unpaired) electrons. The summed E-state index contributed by atoms with van der Waals surface area (Å²) in [5.74, 6) is -0.821. The molecule has 0 fully saturated rings. The van der Waals surface area contributed by atoms with Gasteiger partial charge in [0, 0.05) is 18.5 Å². The van der Waals surface area contributed by atoms with Crippen LogP contribution in [-0.4, -0.2) is 41.1 Å². The molecule has 0 rings (SSSR count). The lowest BCUT2D eigenvalue weighted by molar-refractivity contribution is -0.137. The molecule has 0 aliphatic heterocycles. The smallest absolute Gasteiger partial charge is 0.315 e. The Bertz CT molecular complexity index is 380. The second kappa shape index (κ2) is 8.49. The number of carboxylic acids is 1. The van der Waals surface area contributed by atoms with Crippen LogP contribution in [0.4, 0.5) is 4.79 Å². The lowest BCUT2D eigenvalue weighted by Crippen LogP contribution is -2.54. The van der Waals surface area contributed by atoms with Crippen LogP contribution in [0.3, 0.4) is 0 Å². The molecule has 3 amide bonds. The van der Waals surface area contributed by atoms with Gasteiger partial charge in [-0.15, -0.1) is 0 Å². The van der Waals surface area contributed by atoms with E-state index in [1.54, 1.807) is 20.8 Å². The van der Waals surface area contributed by atoms with Crippen LogP contribution in [-0.2, 0) is 9.59 Å². The Morgan fingerprint density at radius 2 is 1.71 bits per heavy atom. The lowest BCUT2D eigenvalue weighted by Gasteiger charge is -2.26. The molecule has 1 unspecified atom stereocenters. The van der Waals surface area contributed by atoms with Crippen molar-refractivity contribution in [3.8, 4) is 0 Å². The molecule has 0 saturated heterocycles. The average molecular weight is 301 g/mol. The molecule has 0 aromatic heterocycles. The lowest BCUT2D eigenvalue weighted by atomic mass is 9.99. The van der Waals surface area contributed by atoms with Crippen LogP contribution < -0.4 is 16.0 Å². The molecule has 0 aromatic rings. The molecule has 7 heteroatoms. The summed E-state index contributed by atoms with van der Waals surface area (Å²) in [6, 6.07) is -1.14. The van der Waals surface area contributed by atoms with E-state index in [0.29, 0.717) is 18.9 Å². The summed E-state index contributed by atoms with van der Waals surface area (Å²) >= 11 is 0. The van der Waals surface area contributed by atoms with Crippen molar-refractivity contribution in [2.45, 2.75) is 59.0 Å². The van der Waals surface area contributed by atoms with Gasteiger partial charge in [-0.05, 0) is 33.1 Å². The third kappa shape index (κ3) is 9.70. The van der Waals surface area contributed by atoms with Gasteiger partial charge in [0.15, 0.2) is 0 Å². The minimum Gasteiger partial charge on any atom is -0.481 e. The van der Waals surface area contributed by atoms with Gasteiger partial charge in [-0.2, -0.15) is 0 Å². The van der Waals surface area contributed by atoms with Crippen molar-refractivity contribution >= 4 is 17.9 Å². The fraction of sp³-hybridized carbons (Fsp3) is 0.786. The summed E-state index contributed by atoms with van der Waals surface area (Å²) in [5.41, 5.74) is -0.656. The van der Waals surface area contributed by atoms with E-state index < -0.39 is 23.6 Å². The normalized spacial score (nSPS) is 12.7. The predicted molar refractivity (Wildman–Crippen MR) is 79.9 cm³/mol. The summed E-state index contributed by atoms with van der Waals surface area (Å²) < 4.78 is 0. The average Bonchev–Trinajstić information content (AvgIpc) is 2.32. The Labute approximate surface area is 125 Å². The predicted octanol–water partition coefficient (Wildman–Crippen LogP) is 1.09. The van der Waals surface area contributed by atoms with Crippen LogP contribution in [0.1, 0.15) is 47.5 Å². The molecule has 1 atom stereocenters. The van der Waals surface area contributed by atoms with Gasteiger partial charge in [0.25, 0.3) is 0 Å². The molecular weight excluding hydrogens is 274 g/mol. The summed E-state index contributed by atoms with van der Waals surface area (Å²) in [4.78, 5) is 34.1. The van der Waals surface area contributed by atoms with Crippen molar-refractivity contribution < 1.29 is 19.5 Å². The van der Waals surface area contributed by atoms with E-state index in [-0.39, 0.29) is 12.3 Å². The SMILES string of the molecule is CC(C)CNC(=O)C(C)NC(=O)NC(C)(C)CCC(=O)O. The standard InChI is InChI=1S/C14H27N3O4/c1-9(2)8-15-12(20)10(3)16-13(21)17-14(4,5)7-6-11(18)19/h9-10H,6-8H2,1-5H3,(H,15,20)(H,18,19)(H2,16,17,21). The fourth-order valence-corrected chi connectivity index (χ4v) is 1.55. The number of carbonyl (C=O) groups is 3. The Balaban J connectivity index is 4.23. The van der Waals surface area contributed by atoms with Crippen LogP contribution in [0, 0.1) is 5.92 Å².